The SMILES string of the molecule is C[C@@H]1CCC23CCC(=O)C2[C@]1(C)[C@H](OC(=O)NC(=O)[C@H]1CN(C)CC[C@@H]1C)C[C@@](C)(CCF)[C@@H](O)[C@@H]3C. The maximum Gasteiger partial charge on any atom is 0.414 e. The number of nitrogens with zero attached hydrogens (tertiary/aromatic N) is 1. The largest absolute Gasteiger partial charge is 0.445 e. The van der Waals surface area contributed by atoms with Gasteiger partial charge in [0.1, 0.15) is 11.9 Å². The van der Waals surface area contributed by atoms with Crippen LogP contribution in [0.1, 0.15) is 79.6 Å². The Kier molecular flexibility index (Phi) is 7.86. The number of likely N-dealkylation sites (tertiary alicyclic amines) is 1. The zero-order chi connectivity index (χ0) is 27.3. The van der Waals surface area contributed by atoms with E-state index in [2.05, 4.69) is 24.1 Å². The highest BCUT2D eigenvalue weighted by Gasteiger charge is 2.68. The number of piperidine rings is 1. The summed E-state index contributed by atoms with van der Waals surface area (Å²) in [5.41, 5.74) is -1.89. The highest BCUT2D eigenvalue weighted by Crippen LogP contribution is 2.68. The Hall–Kier alpha value is -1.54. The number of carbonyl (C=O) groups is 3. The maximum absolute atomic E-state index is 13.9. The Bertz CT molecular complexity index is 915. The molecule has 1 heterocycles. The van der Waals surface area contributed by atoms with Crippen LogP contribution in [0.5, 0.6) is 0 Å². The number of carbonyl (C=O) groups excluding carboxylic acids is 3. The lowest BCUT2D eigenvalue weighted by atomic mass is 9.43. The van der Waals surface area contributed by atoms with Crippen molar-refractivity contribution in [2.45, 2.75) is 91.8 Å². The van der Waals surface area contributed by atoms with Crippen molar-refractivity contribution >= 4 is 17.8 Å². The quantitative estimate of drug-likeness (QED) is 0.570. The Balaban J connectivity index is 1.67. The standard InChI is InChI=1S/C29H47FN2O5/c1-17-9-14-32(6)16-20(17)25(35)31-26(36)37-22-15-27(4,12-13-30)24(34)19(3)29-10-7-18(2)28(22,5)23(29)21(33)8-11-29/h17-20,22-24,34H,7-16H2,1-6H3,(H,31,35,36)/t17-,18+,19-,20-,22+,23?,24-,27+,28-,29?/m0/s1. The number of alkyl halides is 1. The number of imide groups is 1. The molecule has 0 aromatic carbocycles. The lowest BCUT2D eigenvalue weighted by Crippen LogP contribution is -2.63. The van der Waals surface area contributed by atoms with Crippen molar-refractivity contribution in [1.82, 2.24) is 10.2 Å². The molecule has 0 radical (unpaired) electrons. The second-order valence-electron chi connectivity index (χ2n) is 13.5. The number of hydrogen-bond donors (Lipinski definition) is 2. The topological polar surface area (TPSA) is 95.9 Å². The minimum absolute atomic E-state index is 0.0882. The van der Waals surface area contributed by atoms with Gasteiger partial charge in [-0.3, -0.25) is 19.3 Å². The van der Waals surface area contributed by atoms with Crippen LogP contribution in [0.25, 0.3) is 0 Å². The van der Waals surface area contributed by atoms with Crippen LogP contribution in [-0.2, 0) is 14.3 Å². The molecule has 7 nitrogen and oxygen atoms in total. The van der Waals surface area contributed by atoms with E-state index in [1.165, 1.54) is 0 Å². The van der Waals surface area contributed by atoms with E-state index in [1.807, 2.05) is 27.8 Å². The predicted octanol–water partition coefficient (Wildman–Crippen LogP) is 4.36. The van der Waals surface area contributed by atoms with Crippen LogP contribution in [0.15, 0.2) is 0 Å². The third-order valence-corrected chi connectivity index (χ3v) is 11.5. The molecule has 2 unspecified atom stereocenters. The highest BCUT2D eigenvalue weighted by molar-refractivity contribution is 5.93. The van der Waals surface area contributed by atoms with Crippen molar-refractivity contribution in [3.05, 3.63) is 0 Å². The second-order valence-corrected chi connectivity index (χ2v) is 13.5. The van der Waals surface area contributed by atoms with Crippen molar-refractivity contribution in [1.29, 1.82) is 0 Å². The summed E-state index contributed by atoms with van der Waals surface area (Å²) in [7, 11) is 1.97. The van der Waals surface area contributed by atoms with Gasteiger partial charge in [0.05, 0.1) is 18.7 Å². The van der Waals surface area contributed by atoms with Crippen molar-refractivity contribution in [2.75, 3.05) is 26.8 Å². The monoisotopic (exact) mass is 522 g/mol. The molecular formula is C29H47FN2O5. The lowest BCUT2D eigenvalue weighted by molar-refractivity contribution is -0.199. The molecule has 210 valence electrons. The summed E-state index contributed by atoms with van der Waals surface area (Å²) in [5.74, 6) is -0.754. The normalized spacial score (nSPS) is 46.5. The van der Waals surface area contributed by atoms with E-state index < -0.39 is 41.2 Å². The zero-order valence-electron chi connectivity index (χ0n) is 23.5. The van der Waals surface area contributed by atoms with Crippen molar-refractivity contribution in [2.24, 2.45) is 45.8 Å². The third kappa shape index (κ3) is 4.64. The zero-order valence-corrected chi connectivity index (χ0v) is 23.5. The summed E-state index contributed by atoms with van der Waals surface area (Å²) < 4.78 is 20.0. The summed E-state index contributed by atoms with van der Waals surface area (Å²) in [6.45, 7) is 11.0. The third-order valence-electron chi connectivity index (χ3n) is 11.5. The van der Waals surface area contributed by atoms with Crippen LogP contribution in [0.2, 0.25) is 0 Å². The number of aliphatic hydroxyl groups is 1. The first kappa shape index (κ1) is 28.5. The molecule has 37 heavy (non-hydrogen) atoms. The van der Waals surface area contributed by atoms with Crippen LogP contribution in [-0.4, -0.2) is 66.8 Å². The molecule has 2 bridgehead atoms. The number of alkyl carbamates (subject to hydrolysis) is 1. The summed E-state index contributed by atoms with van der Waals surface area (Å²) in [4.78, 5) is 41.9. The van der Waals surface area contributed by atoms with E-state index >= 15 is 0 Å². The van der Waals surface area contributed by atoms with Gasteiger partial charge in [-0.1, -0.05) is 34.6 Å². The molecule has 8 heteroatoms. The van der Waals surface area contributed by atoms with Gasteiger partial charge in [-0.05, 0) is 80.7 Å². The molecule has 10 atom stereocenters. The van der Waals surface area contributed by atoms with Gasteiger partial charge in [-0.25, -0.2) is 4.79 Å². The van der Waals surface area contributed by atoms with Gasteiger partial charge in [0.25, 0.3) is 0 Å². The smallest absolute Gasteiger partial charge is 0.414 e. The van der Waals surface area contributed by atoms with E-state index in [0.717, 1.165) is 25.8 Å². The van der Waals surface area contributed by atoms with Crippen LogP contribution in [0.4, 0.5) is 9.18 Å². The van der Waals surface area contributed by atoms with Gasteiger partial charge >= 0.3 is 6.09 Å². The first-order chi connectivity index (χ1) is 17.3. The number of aliphatic hydroxyl groups excluding tert-OH is 1. The molecule has 4 fully saturated rings. The fourth-order valence-electron chi connectivity index (χ4n) is 8.75. The summed E-state index contributed by atoms with van der Waals surface area (Å²) in [5, 5.41) is 14.1. The van der Waals surface area contributed by atoms with E-state index in [0.29, 0.717) is 19.4 Å². The number of amides is 2. The fourth-order valence-corrected chi connectivity index (χ4v) is 8.75. The minimum Gasteiger partial charge on any atom is -0.445 e. The van der Waals surface area contributed by atoms with E-state index in [9.17, 15) is 23.9 Å². The van der Waals surface area contributed by atoms with Crippen LogP contribution >= 0.6 is 0 Å². The van der Waals surface area contributed by atoms with Crippen molar-refractivity contribution < 1.29 is 28.6 Å². The van der Waals surface area contributed by atoms with Gasteiger partial charge in [0.2, 0.25) is 5.91 Å². The number of rotatable bonds is 4. The average molecular weight is 523 g/mol. The molecular weight excluding hydrogens is 475 g/mol. The molecule has 0 spiro atoms. The van der Waals surface area contributed by atoms with Crippen LogP contribution in [0.3, 0.4) is 0 Å². The molecule has 3 aliphatic carbocycles. The molecule has 4 aliphatic rings. The molecule has 0 aromatic rings. The Morgan fingerprint density at radius 2 is 1.89 bits per heavy atom. The lowest BCUT2D eigenvalue weighted by Gasteiger charge is -2.62. The Morgan fingerprint density at radius 3 is 2.57 bits per heavy atom. The molecule has 1 saturated heterocycles. The number of Topliss-reactive ketones (excluding diaryl/α,β-unsaturated/α-hetero) is 1. The van der Waals surface area contributed by atoms with Crippen molar-refractivity contribution in [3.8, 4) is 0 Å². The van der Waals surface area contributed by atoms with Crippen LogP contribution < -0.4 is 5.32 Å². The Labute approximate surface area is 221 Å². The molecule has 1 aliphatic heterocycles. The summed E-state index contributed by atoms with van der Waals surface area (Å²) >= 11 is 0. The number of ketones is 1. The molecule has 2 amide bonds. The van der Waals surface area contributed by atoms with Gasteiger partial charge < -0.3 is 14.7 Å². The fraction of sp³-hybridized carbons (Fsp3) is 0.897. The first-order valence-corrected chi connectivity index (χ1v) is 14.3. The molecule has 4 rings (SSSR count). The summed E-state index contributed by atoms with van der Waals surface area (Å²) in [6, 6.07) is 0. The molecule has 3 saturated carbocycles. The number of hydrogen-bond acceptors (Lipinski definition) is 6. The Morgan fingerprint density at radius 1 is 1.19 bits per heavy atom. The van der Waals surface area contributed by atoms with Gasteiger partial charge in [-0.15, -0.1) is 0 Å². The van der Waals surface area contributed by atoms with E-state index in [4.69, 9.17) is 4.74 Å². The summed E-state index contributed by atoms with van der Waals surface area (Å²) in [6.07, 6.45) is 1.75. The highest BCUT2D eigenvalue weighted by atomic mass is 19.1. The number of ether oxygens (including phenoxy) is 1. The van der Waals surface area contributed by atoms with Crippen LogP contribution in [0, 0.1) is 45.8 Å². The molecule has 0 aromatic heterocycles. The first-order valence-electron chi connectivity index (χ1n) is 14.3. The maximum atomic E-state index is 13.9. The second kappa shape index (κ2) is 10.2. The minimum atomic E-state index is -0.830. The number of halogens is 1. The van der Waals surface area contributed by atoms with Crippen molar-refractivity contribution in [3.63, 3.8) is 0 Å². The predicted molar refractivity (Wildman–Crippen MR) is 138 cm³/mol. The number of nitrogens with one attached hydrogen (secondary N) is 1. The van der Waals surface area contributed by atoms with Gasteiger partial charge in [-0.2, -0.15) is 0 Å². The van der Waals surface area contributed by atoms with E-state index in [-0.39, 0.29) is 54.1 Å². The van der Waals surface area contributed by atoms with E-state index in [1.54, 1.807) is 0 Å². The average Bonchev–Trinajstić information content (AvgIpc) is 3.19. The van der Waals surface area contributed by atoms with Gasteiger partial charge in [0, 0.05) is 24.3 Å². The molecule has 2 N–H and O–H groups in total. The van der Waals surface area contributed by atoms with Gasteiger partial charge in [0.15, 0.2) is 0 Å².